The fraction of sp³-hybridized carbons (Fsp3) is 0.176. The highest BCUT2D eigenvalue weighted by molar-refractivity contribution is 5.73. The molecule has 0 atom stereocenters. The number of carbonyl (C=O) groups excluding carboxylic acids is 1. The second-order valence-electron chi connectivity index (χ2n) is 5.43. The van der Waals surface area contributed by atoms with E-state index in [1.807, 2.05) is 28.9 Å². The zero-order valence-electron chi connectivity index (χ0n) is 12.5. The molecule has 0 fully saturated rings. The number of amides is 1. The van der Waals surface area contributed by atoms with Gasteiger partial charge in [0.1, 0.15) is 0 Å². The van der Waals surface area contributed by atoms with Gasteiger partial charge in [-0.25, -0.2) is 9.78 Å². The Morgan fingerprint density at radius 3 is 2.59 bits per heavy atom. The molecule has 0 radical (unpaired) electrons. The molecule has 0 unspecified atom stereocenters. The number of hydrogen-bond donors (Lipinski definition) is 1. The van der Waals surface area contributed by atoms with Crippen molar-refractivity contribution in [1.82, 2.24) is 9.38 Å². The fourth-order valence-corrected chi connectivity index (χ4v) is 2.35. The topological polar surface area (TPSA) is 69.6 Å². The average Bonchev–Trinajstić information content (AvgIpc) is 2.92. The van der Waals surface area contributed by atoms with Crippen LogP contribution < -0.4 is 10.5 Å². The second-order valence-corrected chi connectivity index (χ2v) is 5.43. The molecule has 5 nitrogen and oxygen atoms in total. The average molecular weight is 295 g/mol. The molecule has 0 saturated heterocycles. The molecule has 2 heterocycles. The molecule has 112 valence electrons. The van der Waals surface area contributed by atoms with Crippen LogP contribution in [0, 0.1) is 0 Å². The monoisotopic (exact) mass is 295 g/mol. The van der Waals surface area contributed by atoms with Crippen molar-refractivity contribution in [3.63, 3.8) is 0 Å². The van der Waals surface area contributed by atoms with Gasteiger partial charge < -0.3 is 14.9 Å². The van der Waals surface area contributed by atoms with Crippen LogP contribution in [-0.2, 0) is 0 Å². The quantitative estimate of drug-likeness (QED) is 0.803. The molecule has 1 amide bonds. The molecule has 0 bridgehead atoms. The van der Waals surface area contributed by atoms with E-state index in [-0.39, 0.29) is 0 Å². The predicted molar refractivity (Wildman–Crippen MR) is 84.9 cm³/mol. The number of benzene rings is 1. The molecule has 0 saturated carbocycles. The van der Waals surface area contributed by atoms with Crippen LogP contribution in [0.1, 0.15) is 25.3 Å². The zero-order chi connectivity index (χ0) is 15.7. The van der Waals surface area contributed by atoms with Gasteiger partial charge >= 0.3 is 6.09 Å². The number of fused-ring (bicyclic) bond motifs is 1. The van der Waals surface area contributed by atoms with Crippen LogP contribution in [0.4, 0.5) is 4.79 Å². The Morgan fingerprint density at radius 1 is 1.23 bits per heavy atom. The maximum Gasteiger partial charge on any atom is 0.410 e. The van der Waals surface area contributed by atoms with Gasteiger partial charge in [-0.05, 0) is 23.6 Å². The van der Waals surface area contributed by atoms with Crippen LogP contribution in [0.15, 0.2) is 48.8 Å². The van der Waals surface area contributed by atoms with Gasteiger partial charge in [-0.15, -0.1) is 0 Å². The highest BCUT2D eigenvalue weighted by Gasteiger charge is 2.11. The van der Waals surface area contributed by atoms with Crippen molar-refractivity contribution < 1.29 is 9.53 Å². The highest BCUT2D eigenvalue weighted by Crippen LogP contribution is 2.25. The van der Waals surface area contributed by atoms with Crippen LogP contribution in [0.25, 0.3) is 16.9 Å². The van der Waals surface area contributed by atoms with Crippen LogP contribution in [0.5, 0.6) is 5.75 Å². The zero-order valence-corrected chi connectivity index (χ0v) is 12.5. The first kappa shape index (κ1) is 14.1. The lowest BCUT2D eigenvalue weighted by molar-refractivity contribution is 0.211. The minimum atomic E-state index is -0.848. The van der Waals surface area contributed by atoms with Gasteiger partial charge in [0.25, 0.3) is 0 Å². The standard InChI is InChI=1S/C17H17N3O2/c1-11(2)12-5-7-13(8-6-12)14-10-20-9-3-4-15(16(20)19-14)22-17(18)21/h3-11H,1-2H3,(H2,18,21). The number of primary amides is 1. The van der Waals surface area contributed by atoms with Crippen molar-refractivity contribution in [3.05, 3.63) is 54.4 Å². The summed E-state index contributed by atoms with van der Waals surface area (Å²) in [6.45, 7) is 4.32. The van der Waals surface area contributed by atoms with Crippen LogP contribution in [0.2, 0.25) is 0 Å². The smallest absolute Gasteiger partial charge is 0.406 e. The molecule has 0 aliphatic rings. The summed E-state index contributed by atoms with van der Waals surface area (Å²) >= 11 is 0. The van der Waals surface area contributed by atoms with Crippen molar-refractivity contribution in [1.29, 1.82) is 0 Å². The molecule has 1 aromatic carbocycles. The van der Waals surface area contributed by atoms with Gasteiger partial charge in [0.2, 0.25) is 0 Å². The van der Waals surface area contributed by atoms with Gasteiger partial charge in [-0.2, -0.15) is 0 Å². The van der Waals surface area contributed by atoms with Gasteiger partial charge in [-0.1, -0.05) is 38.1 Å². The molecule has 3 rings (SSSR count). The summed E-state index contributed by atoms with van der Waals surface area (Å²) in [5.41, 5.74) is 8.75. The maximum absolute atomic E-state index is 11.0. The van der Waals surface area contributed by atoms with Crippen LogP contribution in [-0.4, -0.2) is 15.5 Å². The number of ether oxygens (including phenoxy) is 1. The number of rotatable bonds is 3. The minimum absolute atomic E-state index is 0.347. The first-order valence-electron chi connectivity index (χ1n) is 7.10. The van der Waals surface area contributed by atoms with Crippen molar-refractivity contribution in [3.8, 4) is 17.0 Å². The van der Waals surface area contributed by atoms with E-state index in [0.29, 0.717) is 17.3 Å². The summed E-state index contributed by atoms with van der Waals surface area (Å²) in [6.07, 6.45) is 2.90. The summed E-state index contributed by atoms with van der Waals surface area (Å²) < 4.78 is 6.79. The van der Waals surface area contributed by atoms with Crippen LogP contribution >= 0.6 is 0 Å². The molecular formula is C17H17N3O2. The van der Waals surface area contributed by atoms with E-state index in [9.17, 15) is 4.79 Å². The number of hydrogen-bond acceptors (Lipinski definition) is 3. The highest BCUT2D eigenvalue weighted by atomic mass is 16.5. The molecule has 22 heavy (non-hydrogen) atoms. The third-order valence-corrected chi connectivity index (χ3v) is 3.53. The van der Waals surface area contributed by atoms with Crippen molar-refractivity contribution in [2.24, 2.45) is 5.73 Å². The first-order chi connectivity index (χ1) is 10.5. The van der Waals surface area contributed by atoms with E-state index in [4.69, 9.17) is 10.5 Å². The predicted octanol–water partition coefficient (Wildman–Crippen LogP) is 3.58. The minimum Gasteiger partial charge on any atom is -0.406 e. The lowest BCUT2D eigenvalue weighted by Crippen LogP contribution is -2.16. The Bertz CT molecular complexity index is 820. The van der Waals surface area contributed by atoms with Gasteiger partial charge in [0, 0.05) is 18.0 Å². The Morgan fingerprint density at radius 2 is 1.95 bits per heavy atom. The number of imidazole rings is 1. The third kappa shape index (κ3) is 2.65. The van der Waals surface area contributed by atoms with Gasteiger partial charge in [0.05, 0.1) is 5.69 Å². The van der Waals surface area contributed by atoms with E-state index < -0.39 is 6.09 Å². The molecule has 3 aromatic rings. The number of nitrogens with two attached hydrogens (primary N) is 1. The Balaban J connectivity index is 2.03. The van der Waals surface area contributed by atoms with Crippen molar-refractivity contribution >= 4 is 11.7 Å². The largest absolute Gasteiger partial charge is 0.410 e. The molecular weight excluding hydrogens is 278 g/mol. The number of carbonyl (C=O) groups is 1. The fourth-order valence-electron chi connectivity index (χ4n) is 2.35. The van der Waals surface area contributed by atoms with E-state index in [2.05, 4.69) is 31.0 Å². The number of pyridine rings is 1. The van der Waals surface area contributed by atoms with Crippen molar-refractivity contribution in [2.75, 3.05) is 0 Å². The Kier molecular flexibility index (Phi) is 3.55. The van der Waals surface area contributed by atoms with E-state index in [1.165, 1.54) is 5.56 Å². The molecule has 5 heteroatoms. The van der Waals surface area contributed by atoms with Crippen molar-refractivity contribution in [2.45, 2.75) is 19.8 Å². The summed E-state index contributed by atoms with van der Waals surface area (Å²) in [5.74, 6) is 0.839. The van der Waals surface area contributed by atoms with E-state index in [1.54, 1.807) is 12.1 Å². The molecule has 0 aliphatic heterocycles. The molecule has 2 N–H and O–H groups in total. The lowest BCUT2D eigenvalue weighted by Gasteiger charge is -2.05. The number of aromatic nitrogens is 2. The molecule has 2 aromatic heterocycles. The van der Waals surface area contributed by atoms with Crippen LogP contribution in [0.3, 0.4) is 0 Å². The molecule has 0 spiro atoms. The second kappa shape index (κ2) is 5.52. The maximum atomic E-state index is 11.0. The third-order valence-electron chi connectivity index (χ3n) is 3.53. The lowest BCUT2D eigenvalue weighted by atomic mass is 10.0. The van der Waals surface area contributed by atoms with E-state index in [0.717, 1.165) is 11.3 Å². The van der Waals surface area contributed by atoms with Gasteiger partial charge in [0.15, 0.2) is 11.4 Å². The summed E-state index contributed by atoms with van der Waals surface area (Å²) in [5, 5.41) is 0. The molecule has 0 aliphatic carbocycles. The van der Waals surface area contributed by atoms with Gasteiger partial charge in [-0.3, -0.25) is 0 Å². The SMILES string of the molecule is CC(C)c1ccc(-c2cn3cccc(OC(N)=O)c3n2)cc1. The summed E-state index contributed by atoms with van der Waals surface area (Å²) in [7, 11) is 0. The normalized spacial score (nSPS) is 11.0. The summed E-state index contributed by atoms with van der Waals surface area (Å²) in [6, 6.07) is 11.7. The Hall–Kier alpha value is -2.82. The first-order valence-corrected chi connectivity index (χ1v) is 7.10. The Labute approximate surface area is 128 Å². The number of nitrogens with zero attached hydrogens (tertiary/aromatic N) is 2. The van der Waals surface area contributed by atoms with E-state index >= 15 is 0 Å². The summed E-state index contributed by atoms with van der Waals surface area (Å²) in [4.78, 5) is 15.5.